The molecule has 11 heteroatoms. The fourth-order valence-electron chi connectivity index (χ4n) is 3.76. The minimum absolute atomic E-state index is 0.0321. The minimum Gasteiger partial charge on any atom is -0.457 e. The molecule has 0 spiro atoms. The largest absolute Gasteiger partial charge is 0.457 e. The van der Waals surface area contributed by atoms with Crippen LogP contribution in [-0.2, 0) is 0 Å². The molecule has 2 aromatic carbocycles. The molecule has 194 valence electrons. The summed E-state index contributed by atoms with van der Waals surface area (Å²) < 4.78 is 22.2. The van der Waals surface area contributed by atoms with Crippen molar-refractivity contribution in [3.8, 4) is 34.5 Å². The molecule has 10 nitrogen and oxygen atoms in total. The average Bonchev–Trinajstić information content (AvgIpc) is 3.61. The van der Waals surface area contributed by atoms with Crippen molar-refractivity contribution in [3.05, 3.63) is 96.3 Å². The van der Waals surface area contributed by atoms with E-state index in [9.17, 15) is 14.4 Å². The standard InChI is InChI=1S/C28H23FN8O2/c1-17(2)25-13-27(37(36-25)20-5-3-4-18(10-20)14-30)35-28(38)34-24-7-6-21(11-23(24)29)39-22-8-9-31-26(12-22)19-15-32-33-16-19/h3-13,15-17H,1-2H3,(H,32,33)(H2,34,35,38). The molecule has 3 heterocycles. The van der Waals surface area contributed by atoms with Gasteiger partial charge in [0.1, 0.15) is 23.1 Å². The lowest BCUT2D eigenvalue weighted by molar-refractivity contribution is 0.262. The fourth-order valence-corrected chi connectivity index (χ4v) is 3.76. The van der Waals surface area contributed by atoms with Gasteiger partial charge >= 0.3 is 6.03 Å². The molecule has 0 aliphatic heterocycles. The molecule has 0 fully saturated rings. The summed E-state index contributed by atoms with van der Waals surface area (Å²) in [6.07, 6.45) is 4.93. The number of urea groups is 1. The van der Waals surface area contributed by atoms with Crippen molar-refractivity contribution in [2.45, 2.75) is 19.8 Å². The zero-order valence-corrected chi connectivity index (χ0v) is 21.0. The Kier molecular flexibility index (Phi) is 7.00. The molecule has 0 radical (unpaired) electrons. The molecular formula is C28H23FN8O2. The van der Waals surface area contributed by atoms with Gasteiger partial charge in [0.15, 0.2) is 0 Å². The number of nitrogens with zero attached hydrogens (tertiary/aromatic N) is 5. The van der Waals surface area contributed by atoms with Crippen molar-refractivity contribution in [3.63, 3.8) is 0 Å². The molecule has 0 unspecified atom stereocenters. The molecule has 0 aliphatic carbocycles. The van der Waals surface area contributed by atoms with Crippen molar-refractivity contribution in [2.24, 2.45) is 0 Å². The zero-order valence-electron chi connectivity index (χ0n) is 21.0. The quantitative estimate of drug-likeness (QED) is 0.232. The normalized spacial score (nSPS) is 10.7. The Labute approximate surface area is 223 Å². The molecule has 0 saturated carbocycles. The number of ether oxygens (including phenoxy) is 1. The number of anilines is 2. The van der Waals surface area contributed by atoms with Crippen molar-refractivity contribution < 1.29 is 13.9 Å². The number of hydrogen-bond acceptors (Lipinski definition) is 6. The van der Waals surface area contributed by atoms with Gasteiger partial charge in [0.25, 0.3) is 0 Å². The molecular weight excluding hydrogens is 499 g/mol. The number of nitriles is 1. The molecule has 0 saturated heterocycles. The number of rotatable bonds is 7. The maximum absolute atomic E-state index is 14.9. The van der Waals surface area contributed by atoms with Crippen molar-refractivity contribution in [1.29, 1.82) is 5.26 Å². The Morgan fingerprint density at radius 3 is 2.69 bits per heavy atom. The van der Waals surface area contributed by atoms with Crippen LogP contribution in [0.4, 0.5) is 20.7 Å². The highest BCUT2D eigenvalue weighted by molar-refractivity contribution is 5.99. The van der Waals surface area contributed by atoms with Crippen LogP contribution < -0.4 is 15.4 Å². The third-order valence-corrected chi connectivity index (χ3v) is 5.73. The van der Waals surface area contributed by atoms with Crippen molar-refractivity contribution >= 4 is 17.5 Å². The van der Waals surface area contributed by atoms with Crippen LogP contribution in [0.2, 0.25) is 0 Å². The van der Waals surface area contributed by atoms with E-state index in [-0.39, 0.29) is 17.4 Å². The van der Waals surface area contributed by atoms with Gasteiger partial charge in [0.05, 0.1) is 40.6 Å². The van der Waals surface area contributed by atoms with Crippen LogP contribution in [0.1, 0.15) is 31.0 Å². The van der Waals surface area contributed by atoms with E-state index in [1.54, 1.807) is 67.1 Å². The fraction of sp³-hybridized carbons (Fsp3) is 0.107. The Bertz CT molecular complexity index is 1670. The number of halogens is 1. The number of nitrogens with one attached hydrogen (secondary N) is 3. The van der Waals surface area contributed by atoms with Crippen LogP contribution in [0.15, 0.2) is 79.3 Å². The van der Waals surface area contributed by atoms with Gasteiger partial charge in [-0.1, -0.05) is 19.9 Å². The molecule has 0 atom stereocenters. The highest BCUT2D eigenvalue weighted by atomic mass is 19.1. The second kappa shape index (κ2) is 10.9. The number of pyridine rings is 1. The lowest BCUT2D eigenvalue weighted by Crippen LogP contribution is -2.22. The van der Waals surface area contributed by atoms with Gasteiger partial charge in [-0.25, -0.2) is 13.9 Å². The summed E-state index contributed by atoms with van der Waals surface area (Å²) in [5.74, 6) is 0.506. The SMILES string of the molecule is CC(C)c1cc(NC(=O)Nc2ccc(Oc3ccnc(-c4cn[nH]c4)c3)cc2F)n(-c2cccc(C#N)c2)n1. The summed E-state index contributed by atoms with van der Waals surface area (Å²) in [5, 5.41) is 25.7. The molecule has 3 aromatic heterocycles. The number of hydrogen-bond donors (Lipinski definition) is 3. The number of carbonyl (C=O) groups excluding carboxylic acids is 1. The first-order valence-corrected chi connectivity index (χ1v) is 12.0. The predicted molar refractivity (Wildman–Crippen MR) is 143 cm³/mol. The van der Waals surface area contributed by atoms with E-state index < -0.39 is 11.8 Å². The summed E-state index contributed by atoms with van der Waals surface area (Å²) in [6, 6.07) is 17.5. The molecule has 39 heavy (non-hydrogen) atoms. The summed E-state index contributed by atoms with van der Waals surface area (Å²) >= 11 is 0. The van der Waals surface area contributed by atoms with Gasteiger partial charge in [0.2, 0.25) is 0 Å². The van der Waals surface area contributed by atoms with Crippen LogP contribution in [0.3, 0.4) is 0 Å². The van der Waals surface area contributed by atoms with E-state index in [2.05, 4.69) is 37.0 Å². The second-order valence-corrected chi connectivity index (χ2v) is 8.87. The minimum atomic E-state index is -0.676. The van der Waals surface area contributed by atoms with E-state index in [1.807, 2.05) is 13.8 Å². The predicted octanol–water partition coefficient (Wildman–Crippen LogP) is 6.23. The lowest BCUT2D eigenvalue weighted by Gasteiger charge is -2.12. The van der Waals surface area contributed by atoms with Crippen LogP contribution in [-0.4, -0.2) is 31.0 Å². The van der Waals surface area contributed by atoms with Gasteiger partial charge in [-0.2, -0.15) is 15.5 Å². The summed E-state index contributed by atoms with van der Waals surface area (Å²) in [5.41, 5.74) is 3.21. The van der Waals surface area contributed by atoms with Crippen LogP contribution in [0.5, 0.6) is 11.5 Å². The molecule has 5 aromatic rings. The van der Waals surface area contributed by atoms with E-state index in [1.165, 1.54) is 16.8 Å². The number of amides is 2. The van der Waals surface area contributed by atoms with Crippen LogP contribution in [0.25, 0.3) is 16.9 Å². The highest BCUT2D eigenvalue weighted by Gasteiger charge is 2.16. The van der Waals surface area contributed by atoms with Gasteiger partial charge in [0, 0.05) is 36.2 Å². The van der Waals surface area contributed by atoms with Crippen molar-refractivity contribution in [1.82, 2.24) is 25.0 Å². The summed E-state index contributed by atoms with van der Waals surface area (Å²) in [7, 11) is 0. The Balaban J connectivity index is 1.30. The van der Waals surface area contributed by atoms with Gasteiger partial charge in [-0.15, -0.1) is 0 Å². The maximum atomic E-state index is 14.9. The molecule has 5 rings (SSSR count). The van der Waals surface area contributed by atoms with E-state index >= 15 is 0 Å². The Morgan fingerprint density at radius 1 is 1.10 bits per heavy atom. The molecule has 0 aliphatic rings. The zero-order chi connectivity index (χ0) is 27.4. The third kappa shape index (κ3) is 5.75. The average molecular weight is 523 g/mol. The van der Waals surface area contributed by atoms with Crippen molar-refractivity contribution in [2.75, 3.05) is 10.6 Å². The Hall–Kier alpha value is -5.50. The first-order chi connectivity index (χ1) is 18.9. The second-order valence-electron chi connectivity index (χ2n) is 8.87. The van der Waals surface area contributed by atoms with Gasteiger partial charge in [-0.3, -0.25) is 15.4 Å². The number of aromatic nitrogens is 5. The van der Waals surface area contributed by atoms with Crippen LogP contribution in [0, 0.1) is 17.1 Å². The molecule has 3 N–H and O–H groups in total. The van der Waals surface area contributed by atoms with Crippen LogP contribution >= 0.6 is 0 Å². The van der Waals surface area contributed by atoms with E-state index in [4.69, 9.17) is 4.74 Å². The lowest BCUT2D eigenvalue weighted by atomic mass is 10.1. The number of carbonyl (C=O) groups is 1. The maximum Gasteiger partial charge on any atom is 0.324 e. The molecule has 2 amide bonds. The highest BCUT2D eigenvalue weighted by Crippen LogP contribution is 2.28. The summed E-state index contributed by atoms with van der Waals surface area (Å²) in [4.78, 5) is 17.1. The smallest absolute Gasteiger partial charge is 0.324 e. The first kappa shape index (κ1) is 25.2. The van der Waals surface area contributed by atoms with E-state index in [0.29, 0.717) is 28.5 Å². The number of aromatic amines is 1. The molecule has 0 bridgehead atoms. The first-order valence-electron chi connectivity index (χ1n) is 12.0. The Morgan fingerprint density at radius 2 is 1.95 bits per heavy atom. The van der Waals surface area contributed by atoms with E-state index in [0.717, 1.165) is 11.3 Å². The number of H-pyrrole nitrogens is 1. The number of benzene rings is 2. The third-order valence-electron chi connectivity index (χ3n) is 5.73. The summed E-state index contributed by atoms with van der Waals surface area (Å²) in [6.45, 7) is 3.96. The van der Waals surface area contributed by atoms with Gasteiger partial charge in [-0.05, 0) is 42.3 Å². The topological polar surface area (TPSA) is 134 Å². The van der Waals surface area contributed by atoms with Gasteiger partial charge < -0.3 is 10.1 Å². The monoisotopic (exact) mass is 522 g/mol.